The van der Waals surface area contributed by atoms with E-state index in [2.05, 4.69) is 4.98 Å². The number of nitrogen functional groups attached to an aromatic ring is 1. The quantitative estimate of drug-likeness (QED) is 0.873. The molecule has 0 amide bonds. The SMILES string of the molecule is Cc1c(Cl)cc(F)c(-c2cc(N)c(Cl)c(C(=O)O)n2)c1F. The molecular weight excluding hydrogens is 325 g/mol. The lowest BCUT2D eigenvalue weighted by atomic mass is 10.1. The number of anilines is 1. The van der Waals surface area contributed by atoms with Crippen molar-refractivity contribution in [2.45, 2.75) is 6.92 Å². The van der Waals surface area contributed by atoms with Gasteiger partial charge >= 0.3 is 5.97 Å². The maximum atomic E-state index is 14.2. The van der Waals surface area contributed by atoms with Crippen LogP contribution < -0.4 is 5.73 Å². The standard InChI is InChI=1S/C13H8Cl2F2N2O2/c1-4-5(14)2-6(16)9(11(4)17)8-3-7(18)10(15)12(19-8)13(20)21/h2-3H,1H3,(H2,18,19)(H,20,21). The lowest BCUT2D eigenvalue weighted by Gasteiger charge is -2.11. The maximum absolute atomic E-state index is 14.2. The van der Waals surface area contributed by atoms with Gasteiger partial charge in [0.2, 0.25) is 0 Å². The number of nitrogens with two attached hydrogens (primary N) is 1. The first-order valence-corrected chi connectivity index (χ1v) is 6.33. The van der Waals surface area contributed by atoms with E-state index in [1.165, 1.54) is 6.92 Å². The Bertz CT molecular complexity index is 767. The zero-order valence-electron chi connectivity index (χ0n) is 10.5. The molecule has 0 aliphatic carbocycles. The molecule has 4 nitrogen and oxygen atoms in total. The van der Waals surface area contributed by atoms with Crippen LogP contribution >= 0.6 is 23.2 Å². The van der Waals surface area contributed by atoms with Crippen LogP contribution in [0.2, 0.25) is 10.0 Å². The number of aromatic nitrogens is 1. The van der Waals surface area contributed by atoms with Gasteiger partial charge < -0.3 is 10.8 Å². The van der Waals surface area contributed by atoms with Gasteiger partial charge in [-0.05, 0) is 19.1 Å². The van der Waals surface area contributed by atoms with Crippen LogP contribution in [0.3, 0.4) is 0 Å². The largest absolute Gasteiger partial charge is 0.476 e. The van der Waals surface area contributed by atoms with Gasteiger partial charge in [0.15, 0.2) is 5.69 Å². The molecule has 21 heavy (non-hydrogen) atoms. The zero-order chi connectivity index (χ0) is 15.9. The number of carboxylic acid groups (broad SMARTS) is 1. The molecule has 3 N–H and O–H groups in total. The first-order chi connectivity index (χ1) is 9.73. The van der Waals surface area contributed by atoms with Gasteiger partial charge in [-0.2, -0.15) is 0 Å². The van der Waals surface area contributed by atoms with Gasteiger partial charge in [0.05, 0.1) is 22.0 Å². The third-order valence-electron chi connectivity index (χ3n) is 2.84. The highest BCUT2D eigenvalue weighted by Gasteiger charge is 2.22. The van der Waals surface area contributed by atoms with Gasteiger partial charge in [-0.25, -0.2) is 18.6 Å². The topological polar surface area (TPSA) is 76.2 Å². The lowest BCUT2D eigenvalue weighted by molar-refractivity contribution is 0.0691. The summed E-state index contributed by atoms with van der Waals surface area (Å²) in [5.41, 5.74) is 4.05. The second-order valence-electron chi connectivity index (χ2n) is 4.22. The fourth-order valence-electron chi connectivity index (χ4n) is 1.74. The molecule has 1 aromatic heterocycles. The molecule has 8 heteroatoms. The number of carboxylic acids is 1. The van der Waals surface area contributed by atoms with Crippen LogP contribution in [0.5, 0.6) is 0 Å². The maximum Gasteiger partial charge on any atom is 0.356 e. The van der Waals surface area contributed by atoms with Crippen LogP contribution in [0.4, 0.5) is 14.5 Å². The summed E-state index contributed by atoms with van der Waals surface area (Å²) in [6.45, 7) is 1.36. The van der Waals surface area contributed by atoms with Crippen molar-refractivity contribution in [2.75, 3.05) is 5.73 Å². The van der Waals surface area contributed by atoms with Crippen molar-refractivity contribution < 1.29 is 18.7 Å². The van der Waals surface area contributed by atoms with E-state index in [-0.39, 0.29) is 27.0 Å². The number of pyridine rings is 1. The number of nitrogens with zero attached hydrogens (tertiary/aromatic N) is 1. The molecule has 1 aromatic carbocycles. The number of aromatic carboxylic acids is 1. The van der Waals surface area contributed by atoms with Gasteiger partial charge in [0.1, 0.15) is 11.6 Å². The number of carbonyl (C=O) groups is 1. The Morgan fingerprint density at radius 3 is 2.52 bits per heavy atom. The van der Waals surface area contributed by atoms with Crippen molar-refractivity contribution >= 4 is 34.9 Å². The third-order valence-corrected chi connectivity index (χ3v) is 3.63. The molecule has 1 heterocycles. The van der Waals surface area contributed by atoms with Crippen molar-refractivity contribution in [1.29, 1.82) is 0 Å². The molecule has 0 radical (unpaired) electrons. The van der Waals surface area contributed by atoms with Crippen molar-refractivity contribution in [3.63, 3.8) is 0 Å². The smallest absolute Gasteiger partial charge is 0.356 e. The summed E-state index contributed by atoms with van der Waals surface area (Å²) >= 11 is 11.4. The predicted molar refractivity (Wildman–Crippen MR) is 75.7 cm³/mol. The molecule has 0 saturated carbocycles. The molecule has 0 atom stereocenters. The van der Waals surface area contributed by atoms with Crippen LogP contribution in [-0.4, -0.2) is 16.1 Å². The molecule has 0 spiro atoms. The second-order valence-corrected chi connectivity index (χ2v) is 5.00. The van der Waals surface area contributed by atoms with Gasteiger partial charge in [-0.3, -0.25) is 0 Å². The highest BCUT2D eigenvalue weighted by molar-refractivity contribution is 6.35. The molecule has 0 aliphatic heterocycles. The first kappa shape index (κ1) is 15.5. The fourth-order valence-corrected chi connectivity index (χ4v) is 2.10. The highest BCUT2D eigenvalue weighted by atomic mass is 35.5. The Balaban J connectivity index is 2.80. The molecule has 0 fully saturated rings. The monoisotopic (exact) mass is 332 g/mol. The molecule has 110 valence electrons. The van der Waals surface area contributed by atoms with Crippen molar-refractivity contribution in [3.8, 4) is 11.3 Å². The Labute approximate surface area is 128 Å². The molecule has 0 bridgehead atoms. The van der Waals surface area contributed by atoms with Crippen LogP contribution in [0.25, 0.3) is 11.3 Å². The Kier molecular flexibility index (Phi) is 4.02. The molecule has 2 rings (SSSR count). The summed E-state index contributed by atoms with van der Waals surface area (Å²) in [6, 6.07) is 2.02. The van der Waals surface area contributed by atoms with E-state index in [1.807, 2.05) is 0 Å². The zero-order valence-corrected chi connectivity index (χ0v) is 12.1. The summed E-state index contributed by atoms with van der Waals surface area (Å²) in [5, 5.41) is 8.61. The minimum atomic E-state index is -1.46. The van der Waals surface area contributed by atoms with E-state index < -0.39 is 28.9 Å². The second kappa shape index (κ2) is 5.46. The first-order valence-electron chi connectivity index (χ1n) is 5.57. The van der Waals surface area contributed by atoms with Crippen LogP contribution in [0.1, 0.15) is 16.1 Å². The van der Waals surface area contributed by atoms with Crippen LogP contribution in [0, 0.1) is 18.6 Å². The van der Waals surface area contributed by atoms with Gasteiger partial charge in [0, 0.05) is 10.6 Å². The highest BCUT2D eigenvalue weighted by Crippen LogP contribution is 2.34. The lowest BCUT2D eigenvalue weighted by Crippen LogP contribution is -2.07. The number of hydrogen-bond donors (Lipinski definition) is 2. The molecular formula is C13H8Cl2F2N2O2. The third kappa shape index (κ3) is 2.64. The van der Waals surface area contributed by atoms with Gasteiger partial charge in [0.25, 0.3) is 0 Å². The molecule has 0 unspecified atom stereocenters. The Hall–Kier alpha value is -1.92. The van der Waals surface area contributed by atoms with Gasteiger partial charge in [-0.1, -0.05) is 23.2 Å². The van der Waals surface area contributed by atoms with E-state index in [1.54, 1.807) is 0 Å². The van der Waals surface area contributed by atoms with E-state index in [0.717, 1.165) is 12.1 Å². The van der Waals surface area contributed by atoms with E-state index in [0.29, 0.717) is 0 Å². The molecule has 2 aromatic rings. The van der Waals surface area contributed by atoms with E-state index >= 15 is 0 Å². The van der Waals surface area contributed by atoms with E-state index in [9.17, 15) is 13.6 Å². The molecule has 0 aliphatic rings. The van der Waals surface area contributed by atoms with E-state index in [4.69, 9.17) is 34.0 Å². The summed E-state index contributed by atoms with van der Waals surface area (Å²) in [5.74, 6) is -3.38. The fraction of sp³-hybridized carbons (Fsp3) is 0.0769. The van der Waals surface area contributed by atoms with Crippen molar-refractivity contribution in [3.05, 3.63) is 45.1 Å². The average molecular weight is 333 g/mol. The minimum Gasteiger partial charge on any atom is -0.476 e. The number of halogens is 4. The average Bonchev–Trinajstić information content (AvgIpc) is 2.39. The van der Waals surface area contributed by atoms with Crippen molar-refractivity contribution in [2.24, 2.45) is 0 Å². The van der Waals surface area contributed by atoms with Crippen molar-refractivity contribution in [1.82, 2.24) is 4.98 Å². The summed E-state index contributed by atoms with van der Waals surface area (Å²) in [6.07, 6.45) is 0. The number of benzene rings is 1. The predicted octanol–water partition coefficient (Wildman–Crippen LogP) is 3.92. The Morgan fingerprint density at radius 1 is 1.33 bits per heavy atom. The summed E-state index contributed by atoms with van der Waals surface area (Å²) in [7, 11) is 0. The molecule has 0 saturated heterocycles. The van der Waals surface area contributed by atoms with Crippen LogP contribution in [0.15, 0.2) is 12.1 Å². The minimum absolute atomic E-state index is 0.0141. The normalized spacial score (nSPS) is 10.7. The number of hydrogen-bond acceptors (Lipinski definition) is 3. The van der Waals surface area contributed by atoms with Gasteiger partial charge in [-0.15, -0.1) is 0 Å². The number of rotatable bonds is 2. The Morgan fingerprint density at radius 2 is 1.95 bits per heavy atom. The van der Waals surface area contributed by atoms with Crippen LogP contribution in [-0.2, 0) is 0 Å². The summed E-state index contributed by atoms with van der Waals surface area (Å²) in [4.78, 5) is 14.7. The summed E-state index contributed by atoms with van der Waals surface area (Å²) < 4.78 is 28.1.